The number of carbonyl (C=O) groups is 1. The number of aromatic nitrogens is 2. The molecule has 18 heavy (non-hydrogen) atoms. The van der Waals surface area contributed by atoms with Crippen molar-refractivity contribution in [2.45, 2.75) is 20.0 Å². The Hall–Kier alpha value is -2.23. The average molecular weight is 242 g/mol. The summed E-state index contributed by atoms with van der Waals surface area (Å²) < 4.78 is 5.52. The summed E-state index contributed by atoms with van der Waals surface area (Å²) in [5.74, 6) is 0.690. The van der Waals surface area contributed by atoms with Gasteiger partial charge < -0.3 is 4.74 Å². The third-order valence-corrected chi connectivity index (χ3v) is 2.33. The van der Waals surface area contributed by atoms with Crippen LogP contribution in [0, 0.1) is 0 Å². The summed E-state index contributed by atoms with van der Waals surface area (Å²) in [4.78, 5) is 12.1. The molecule has 0 radical (unpaired) electrons. The minimum atomic E-state index is -0.0685. The molecule has 0 atom stereocenters. The zero-order valence-corrected chi connectivity index (χ0v) is 10.3. The molecule has 2 aromatic rings. The van der Waals surface area contributed by atoms with Gasteiger partial charge in [-0.2, -0.15) is 10.2 Å². The van der Waals surface area contributed by atoms with Gasteiger partial charge in [-0.3, -0.25) is 4.79 Å². The number of ketones is 1. The maximum absolute atomic E-state index is 12.1. The van der Waals surface area contributed by atoms with Crippen LogP contribution in [0.2, 0.25) is 0 Å². The molecule has 0 aliphatic rings. The van der Waals surface area contributed by atoms with Gasteiger partial charge in [-0.1, -0.05) is 0 Å². The molecule has 1 aromatic carbocycles. The standard InChI is InChI=1S/C14H14N2O2/c1-10(2)18-13-5-3-11(4-6-13)14(17)12-7-8-15-16-9-12/h3-10H,1-2H3. The molecule has 0 aliphatic carbocycles. The number of benzene rings is 1. The van der Waals surface area contributed by atoms with Gasteiger partial charge in [-0.15, -0.1) is 0 Å². The van der Waals surface area contributed by atoms with Crippen LogP contribution in [-0.2, 0) is 0 Å². The summed E-state index contributed by atoms with van der Waals surface area (Å²) in [6.45, 7) is 3.92. The number of rotatable bonds is 4. The minimum absolute atomic E-state index is 0.0685. The smallest absolute Gasteiger partial charge is 0.194 e. The van der Waals surface area contributed by atoms with Gasteiger partial charge in [0, 0.05) is 11.1 Å². The molecule has 0 spiro atoms. The van der Waals surface area contributed by atoms with Crippen molar-refractivity contribution in [3.8, 4) is 5.75 Å². The van der Waals surface area contributed by atoms with Crippen molar-refractivity contribution in [1.29, 1.82) is 0 Å². The number of hydrogen-bond donors (Lipinski definition) is 0. The lowest BCUT2D eigenvalue weighted by Crippen LogP contribution is -2.06. The van der Waals surface area contributed by atoms with Crippen LogP contribution in [0.1, 0.15) is 29.8 Å². The van der Waals surface area contributed by atoms with E-state index in [1.807, 2.05) is 13.8 Å². The quantitative estimate of drug-likeness (QED) is 0.773. The topological polar surface area (TPSA) is 52.1 Å². The third-order valence-electron chi connectivity index (χ3n) is 2.33. The van der Waals surface area contributed by atoms with Crippen molar-refractivity contribution in [3.05, 3.63) is 53.9 Å². The van der Waals surface area contributed by atoms with Crippen molar-refractivity contribution in [3.63, 3.8) is 0 Å². The number of ether oxygens (including phenoxy) is 1. The van der Waals surface area contributed by atoms with Gasteiger partial charge in [-0.25, -0.2) is 0 Å². The van der Waals surface area contributed by atoms with Crippen LogP contribution in [0.25, 0.3) is 0 Å². The lowest BCUT2D eigenvalue weighted by atomic mass is 10.1. The largest absolute Gasteiger partial charge is 0.491 e. The van der Waals surface area contributed by atoms with E-state index in [4.69, 9.17) is 4.74 Å². The second-order valence-electron chi connectivity index (χ2n) is 4.15. The molecule has 0 fully saturated rings. The van der Waals surface area contributed by atoms with Crippen LogP contribution in [0.3, 0.4) is 0 Å². The Morgan fingerprint density at radius 1 is 1.06 bits per heavy atom. The molecule has 4 heteroatoms. The third kappa shape index (κ3) is 2.91. The van der Waals surface area contributed by atoms with Crippen LogP contribution in [0.4, 0.5) is 0 Å². The van der Waals surface area contributed by atoms with Gasteiger partial charge in [0.1, 0.15) is 5.75 Å². The van der Waals surface area contributed by atoms with E-state index in [1.54, 1.807) is 30.3 Å². The Labute approximate surface area is 106 Å². The van der Waals surface area contributed by atoms with Crippen molar-refractivity contribution >= 4 is 5.78 Å². The van der Waals surface area contributed by atoms with E-state index < -0.39 is 0 Å². The van der Waals surface area contributed by atoms with Crippen LogP contribution in [-0.4, -0.2) is 22.1 Å². The molecule has 0 unspecified atom stereocenters. The first-order chi connectivity index (χ1) is 8.66. The van der Waals surface area contributed by atoms with E-state index in [2.05, 4.69) is 10.2 Å². The van der Waals surface area contributed by atoms with E-state index >= 15 is 0 Å². The maximum atomic E-state index is 12.1. The van der Waals surface area contributed by atoms with Gasteiger partial charge in [0.25, 0.3) is 0 Å². The SMILES string of the molecule is CC(C)Oc1ccc(C(=O)c2ccnnc2)cc1. The number of hydrogen-bond acceptors (Lipinski definition) is 4. The number of carbonyl (C=O) groups excluding carboxylic acids is 1. The first-order valence-corrected chi connectivity index (χ1v) is 5.75. The van der Waals surface area contributed by atoms with Crippen LogP contribution >= 0.6 is 0 Å². The van der Waals surface area contributed by atoms with Crippen molar-refractivity contribution in [2.24, 2.45) is 0 Å². The highest BCUT2D eigenvalue weighted by Gasteiger charge is 2.09. The second-order valence-corrected chi connectivity index (χ2v) is 4.15. The first-order valence-electron chi connectivity index (χ1n) is 5.75. The Kier molecular flexibility index (Phi) is 3.67. The molecule has 4 nitrogen and oxygen atoms in total. The van der Waals surface area contributed by atoms with E-state index in [0.717, 1.165) is 5.75 Å². The summed E-state index contributed by atoms with van der Waals surface area (Å²) in [5, 5.41) is 7.34. The van der Waals surface area contributed by atoms with E-state index in [1.165, 1.54) is 12.4 Å². The Balaban J connectivity index is 2.17. The fourth-order valence-corrected chi connectivity index (χ4v) is 1.55. The molecule has 92 valence electrons. The Morgan fingerprint density at radius 3 is 2.33 bits per heavy atom. The normalized spacial score (nSPS) is 10.4. The zero-order chi connectivity index (χ0) is 13.0. The fraction of sp³-hybridized carbons (Fsp3) is 0.214. The molecule has 1 aromatic heterocycles. The average Bonchev–Trinajstić information content (AvgIpc) is 2.39. The highest BCUT2D eigenvalue weighted by atomic mass is 16.5. The highest BCUT2D eigenvalue weighted by Crippen LogP contribution is 2.16. The molecule has 0 amide bonds. The van der Waals surface area contributed by atoms with Gasteiger partial charge in [0.15, 0.2) is 5.78 Å². The molecule has 0 saturated carbocycles. The van der Waals surface area contributed by atoms with Crippen molar-refractivity contribution < 1.29 is 9.53 Å². The summed E-state index contributed by atoms with van der Waals surface area (Å²) >= 11 is 0. The van der Waals surface area contributed by atoms with E-state index in [-0.39, 0.29) is 11.9 Å². The fourth-order valence-electron chi connectivity index (χ4n) is 1.55. The van der Waals surface area contributed by atoms with Gasteiger partial charge >= 0.3 is 0 Å². The summed E-state index contributed by atoms with van der Waals surface area (Å²) in [7, 11) is 0. The zero-order valence-electron chi connectivity index (χ0n) is 10.3. The summed E-state index contributed by atoms with van der Waals surface area (Å²) in [6.07, 6.45) is 3.08. The van der Waals surface area contributed by atoms with Gasteiger partial charge in [-0.05, 0) is 44.2 Å². The second kappa shape index (κ2) is 5.40. The van der Waals surface area contributed by atoms with Gasteiger partial charge in [0.2, 0.25) is 0 Å². The molecule has 0 N–H and O–H groups in total. The van der Waals surface area contributed by atoms with Crippen molar-refractivity contribution in [1.82, 2.24) is 10.2 Å². The van der Waals surface area contributed by atoms with Crippen LogP contribution in [0.5, 0.6) is 5.75 Å². The first kappa shape index (κ1) is 12.2. The molecule has 0 saturated heterocycles. The highest BCUT2D eigenvalue weighted by molar-refractivity contribution is 6.08. The Bertz CT molecular complexity index is 521. The predicted octanol–water partition coefficient (Wildman–Crippen LogP) is 2.49. The summed E-state index contributed by atoms with van der Waals surface area (Å²) in [5.41, 5.74) is 1.14. The molecule has 0 bridgehead atoms. The van der Waals surface area contributed by atoms with Crippen molar-refractivity contribution in [2.75, 3.05) is 0 Å². The predicted molar refractivity (Wildman–Crippen MR) is 67.7 cm³/mol. The molecule has 2 rings (SSSR count). The summed E-state index contributed by atoms with van der Waals surface area (Å²) in [6, 6.07) is 8.73. The molecular formula is C14H14N2O2. The maximum Gasteiger partial charge on any atom is 0.194 e. The minimum Gasteiger partial charge on any atom is -0.491 e. The van der Waals surface area contributed by atoms with Gasteiger partial charge in [0.05, 0.1) is 18.5 Å². The number of nitrogens with zero attached hydrogens (tertiary/aromatic N) is 2. The lowest BCUT2D eigenvalue weighted by molar-refractivity contribution is 0.103. The Morgan fingerprint density at radius 2 is 1.78 bits per heavy atom. The molecule has 0 aliphatic heterocycles. The molecular weight excluding hydrogens is 228 g/mol. The molecule has 1 heterocycles. The lowest BCUT2D eigenvalue weighted by Gasteiger charge is -2.09. The van der Waals surface area contributed by atoms with E-state index in [0.29, 0.717) is 11.1 Å². The van der Waals surface area contributed by atoms with Crippen LogP contribution < -0.4 is 4.74 Å². The van der Waals surface area contributed by atoms with E-state index in [9.17, 15) is 4.79 Å². The monoisotopic (exact) mass is 242 g/mol. The van der Waals surface area contributed by atoms with Crippen LogP contribution in [0.15, 0.2) is 42.7 Å².